The van der Waals surface area contributed by atoms with Gasteiger partial charge >= 0.3 is 0 Å². The highest BCUT2D eigenvalue weighted by Crippen LogP contribution is 2.32. The molecule has 0 spiro atoms. The first kappa shape index (κ1) is 13.6. The molecule has 21 heavy (non-hydrogen) atoms. The molecule has 0 fully saturated rings. The minimum Gasteiger partial charge on any atom is -0.291 e. The first-order valence-electron chi connectivity index (χ1n) is 6.06. The molecule has 0 amide bonds. The van der Waals surface area contributed by atoms with Crippen LogP contribution in [-0.4, -0.2) is 14.8 Å². The Kier molecular flexibility index (Phi) is 3.61. The Morgan fingerprint density at radius 1 is 1.00 bits per heavy atom. The number of benzene rings is 1. The van der Waals surface area contributed by atoms with Crippen molar-refractivity contribution in [2.75, 3.05) is 0 Å². The van der Waals surface area contributed by atoms with Crippen LogP contribution in [-0.2, 0) is 0 Å². The molecule has 2 aromatic heterocycles. The quantitative estimate of drug-likeness (QED) is 0.715. The summed E-state index contributed by atoms with van der Waals surface area (Å²) in [7, 11) is 0. The van der Waals surface area contributed by atoms with Crippen molar-refractivity contribution in [3.05, 3.63) is 64.4 Å². The van der Waals surface area contributed by atoms with Crippen LogP contribution in [0, 0.1) is 11.3 Å². The number of hydrogen-bond acceptors (Lipinski definition) is 3. The van der Waals surface area contributed by atoms with Crippen LogP contribution < -0.4 is 0 Å². The summed E-state index contributed by atoms with van der Waals surface area (Å²) in [4.78, 5) is 0. The van der Waals surface area contributed by atoms with E-state index < -0.39 is 0 Å². The number of nitriles is 1. The molecular weight excluding hydrogens is 307 g/mol. The molecule has 0 unspecified atom stereocenters. The van der Waals surface area contributed by atoms with Gasteiger partial charge in [-0.15, -0.1) is 10.2 Å². The monoisotopic (exact) mass is 314 g/mol. The molecule has 0 atom stereocenters. The fourth-order valence-electron chi connectivity index (χ4n) is 1.97. The van der Waals surface area contributed by atoms with E-state index in [1.807, 2.05) is 6.07 Å². The molecule has 3 aromatic rings. The largest absolute Gasteiger partial charge is 0.291 e. The van der Waals surface area contributed by atoms with Crippen molar-refractivity contribution >= 4 is 23.2 Å². The highest BCUT2D eigenvalue weighted by molar-refractivity contribution is 6.43. The number of aromatic nitrogens is 3. The smallest absolute Gasteiger partial charge is 0.160 e. The molecule has 0 N–H and O–H groups in total. The molecule has 4 nitrogen and oxygen atoms in total. The summed E-state index contributed by atoms with van der Waals surface area (Å²) >= 11 is 12.2. The lowest BCUT2D eigenvalue weighted by atomic mass is 10.1. The van der Waals surface area contributed by atoms with Gasteiger partial charge in [0, 0.05) is 11.8 Å². The fraction of sp³-hybridized carbons (Fsp3) is 0. The average molecular weight is 315 g/mol. The van der Waals surface area contributed by atoms with E-state index in [1.54, 1.807) is 47.2 Å². The van der Waals surface area contributed by atoms with Crippen LogP contribution in [0.1, 0.15) is 5.69 Å². The first-order chi connectivity index (χ1) is 10.2. The third kappa shape index (κ3) is 2.49. The van der Waals surface area contributed by atoms with Gasteiger partial charge in [-0.3, -0.25) is 4.57 Å². The predicted octanol–water partition coefficient (Wildman–Crippen LogP) is 4.11. The lowest BCUT2D eigenvalue weighted by Crippen LogP contribution is -2.00. The maximum atomic E-state index is 9.02. The first-order valence-corrected chi connectivity index (χ1v) is 6.82. The molecule has 2 heterocycles. The van der Waals surface area contributed by atoms with Crippen LogP contribution in [0.3, 0.4) is 0 Å². The maximum Gasteiger partial charge on any atom is 0.160 e. The van der Waals surface area contributed by atoms with Gasteiger partial charge in [-0.2, -0.15) is 5.26 Å². The molecule has 1 aromatic carbocycles. The van der Waals surface area contributed by atoms with Crippen LogP contribution in [0.2, 0.25) is 10.0 Å². The number of nitrogens with zero attached hydrogens (tertiary/aromatic N) is 4. The van der Waals surface area contributed by atoms with Gasteiger partial charge < -0.3 is 0 Å². The molecule has 0 bridgehead atoms. The summed E-state index contributed by atoms with van der Waals surface area (Å²) in [6, 6.07) is 14.5. The van der Waals surface area contributed by atoms with Crippen molar-refractivity contribution in [1.29, 1.82) is 5.26 Å². The summed E-state index contributed by atoms with van der Waals surface area (Å²) in [6.07, 6.45) is 1.76. The van der Waals surface area contributed by atoms with Gasteiger partial charge in [0.1, 0.15) is 11.8 Å². The number of hydrogen-bond donors (Lipinski definition) is 0. The Hall–Kier alpha value is -2.35. The zero-order chi connectivity index (χ0) is 14.8. The van der Waals surface area contributed by atoms with Crippen LogP contribution in [0.25, 0.3) is 17.1 Å². The summed E-state index contributed by atoms with van der Waals surface area (Å²) in [5.74, 6) is 0.568. The van der Waals surface area contributed by atoms with E-state index in [0.717, 1.165) is 5.56 Å². The van der Waals surface area contributed by atoms with E-state index in [0.29, 0.717) is 27.3 Å². The molecular formula is C15H8Cl2N4. The molecule has 102 valence electrons. The second-order valence-electron chi connectivity index (χ2n) is 4.25. The summed E-state index contributed by atoms with van der Waals surface area (Å²) in [5, 5.41) is 18.2. The minimum atomic E-state index is 0.444. The van der Waals surface area contributed by atoms with Gasteiger partial charge in [-0.05, 0) is 30.3 Å². The van der Waals surface area contributed by atoms with Gasteiger partial charge in [-0.25, -0.2) is 0 Å². The molecule has 0 aliphatic heterocycles. The van der Waals surface area contributed by atoms with E-state index in [9.17, 15) is 0 Å². The van der Waals surface area contributed by atoms with Crippen molar-refractivity contribution < 1.29 is 0 Å². The van der Waals surface area contributed by atoms with Crippen LogP contribution in [0.15, 0.2) is 48.7 Å². The van der Waals surface area contributed by atoms with Gasteiger partial charge in [0.05, 0.1) is 15.7 Å². The standard InChI is InChI=1S/C15H8Cl2N4/c16-12-5-1-4-11(15(12)17)13-6-7-14(20-19-13)21-8-2-3-10(21)9-18/h1-8H. The predicted molar refractivity (Wildman–Crippen MR) is 81.5 cm³/mol. The van der Waals surface area contributed by atoms with Crippen molar-refractivity contribution in [3.8, 4) is 23.1 Å². The van der Waals surface area contributed by atoms with Crippen LogP contribution >= 0.6 is 23.2 Å². The summed E-state index contributed by atoms with van der Waals surface area (Å²) in [6.45, 7) is 0. The Labute approximate surface area is 131 Å². The lowest BCUT2D eigenvalue weighted by molar-refractivity contribution is 0.913. The molecule has 0 aliphatic rings. The maximum absolute atomic E-state index is 9.02. The van der Waals surface area contributed by atoms with E-state index in [4.69, 9.17) is 28.5 Å². The molecule has 0 aliphatic carbocycles. The van der Waals surface area contributed by atoms with E-state index in [1.165, 1.54) is 0 Å². The molecule has 0 saturated heterocycles. The van der Waals surface area contributed by atoms with Crippen molar-refractivity contribution in [2.24, 2.45) is 0 Å². The molecule has 6 heteroatoms. The zero-order valence-corrected chi connectivity index (χ0v) is 12.2. The van der Waals surface area contributed by atoms with Crippen molar-refractivity contribution in [3.63, 3.8) is 0 Å². The normalized spacial score (nSPS) is 10.3. The highest BCUT2D eigenvalue weighted by Gasteiger charge is 2.10. The Bertz CT molecular complexity index is 832. The Morgan fingerprint density at radius 3 is 2.57 bits per heavy atom. The molecule has 0 radical (unpaired) electrons. The van der Waals surface area contributed by atoms with Gasteiger partial charge in [0.2, 0.25) is 0 Å². The number of halogens is 2. The second kappa shape index (κ2) is 5.57. The molecule has 3 rings (SSSR count). The SMILES string of the molecule is N#Cc1cccn1-c1ccc(-c2cccc(Cl)c2Cl)nn1. The Balaban J connectivity index is 2.02. The van der Waals surface area contributed by atoms with Crippen molar-refractivity contribution in [2.45, 2.75) is 0 Å². The molecule has 0 saturated carbocycles. The second-order valence-corrected chi connectivity index (χ2v) is 5.04. The minimum absolute atomic E-state index is 0.444. The Morgan fingerprint density at radius 2 is 1.86 bits per heavy atom. The zero-order valence-electron chi connectivity index (χ0n) is 10.7. The van der Waals surface area contributed by atoms with Crippen molar-refractivity contribution in [1.82, 2.24) is 14.8 Å². The topological polar surface area (TPSA) is 54.5 Å². The fourth-order valence-corrected chi connectivity index (χ4v) is 2.37. The van der Waals surface area contributed by atoms with Crippen LogP contribution in [0.4, 0.5) is 0 Å². The van der Waals surface area contributed by atoms with E-state index >= 15 is 0 Å². The lowest BCUT2D eigenvalue weighted by Gasteiger charge is -2.06. The van der Waals surface area contributed by atoms with E-state index in [-0.39, 0.29) is 0 Å². The van der Waals surface area contributed by atoms with Gasteiger partial charge in [0.15, 0.2) is 5.82 Å². The summed E-state index contributed by atoms with van der Waals surface area (Å²) in [5.41, 5.74) is 1.84. The van der Waals surface area contributed by atoms with Gasteiger partial charge in [-0.1, -0.05) is 35.3 Å². The third-order valence-corrected chi connectivity index (χ3v) is 3.81. The third-order valence-electron chi connectivity index (χ3n) is 2.99. The average Bonchev–Trinajstić information content (AvgIpc) is 2.99. The van der Waals surface area contributed by atoms with Gasteiger partial charge in [0.25, 0.3) is 0 Å². The highest BCUT2D eigenvalue weighted by atomic mass is 35.5. The van der Waals surface area contributed by atoms with E-state index in [2.05, 4.69) is 16.3 Å². The van der Waals surface area contributed by atoms with Crippen LogP contribution in [0.5, 0.6) is 0 Å². The summed E-state index contributed by atoms with van der Waals surface area (Å²) < 4.78 is 1.66. The number of rotatable bonds is 2.